The zero-order chi connectivity index (χ0) is 21.0. The minimum Gasteiger partial charge on any atom is -0.477 e. The third-order valence-electron chi connectivity index (χ3n) is 4.11. The molecule has 7 nitrogen and oxygen atoms in total. The molecule has 154 valence electrons. The molecule has 0 radical (unpaired) electrons. The Morgan fingerprint density at radius 2 is 1.86 bits per heavy atom. The van der Waals surface area contributed by atoms with E-state index in [2.05, 4.69) is 15.4 Å². The van der Waals surface area contributed by atoms with Crippen molar-refractivity contribution in [2.24, 2.45) is 0 Å². The Kier molecular flexibility index (Phi) is 5.81. The third kappa shape index (κ3) is 5.31. The van der Waals surface area contributed by atoms with Crippen molar-refractivity contribution in [1.82, 2.24) is 5.32 Å². The summed E-state index contributed by atoms with van der Waals surface area (Å²) in [5.41, 5.74) is 0.977. The van der Waals surface area contributed by atoms with Gasteiger partial charge in [0.1, 0.15) is 11.5 Å². The summed E-state index contributed by atoms with van der Waals surface area (Å²) in [5.74, 6) is -0.619. The van der Waals surface area contributed by atoms with E-state index >= 15 is 0 Å². The van der Waals surface area contributed by atoms with Crippen molar-refractivity contribution in [2.75, 3.05) is 30.4 Å². The number of nitrogens with one attached hydrogen (secondary N) is 2. The van der Waals surface area contributed by atoms with E-state index in [1.54, 1.807) is 29.2 Å². The fraction of sp³-hybridized carbons (Fsp3) is 0.263. The van der Waals surface area contributed by atoms with Gasteiger partial charge in [-0.3, -0.25) is 9.59 Å². The van der Waals surface area contributed by atoms with Gasteiger partial charge in [-0.25, -0.2) is 0 Å². The summed E-state index contributed by atoms with van der Waals surface area (Å²) in [5, 5.41) is 5.13. The van der Waals surface area contributed by atoms with Gasteiger partial charge >= 0.3 is 6.36 Å². The Morgan fingerprint density at radius 1 is 1.17 bits per heavy atom. The van der Waals surface area contributed by atoms with Gasteiger partial charge in [-0.05, 0) is 36.4 Å². The van der Waals surface area contributed by atoms with E-state index in [-0.39, 0.29) is 24.7 Å². The molecule has 2 N–H and O–H groups in total. The highest BCUT2D eigenvalue weighted by Crippen LogP contribution is 2.33. The number of carbonyl (C=O) groups is 2. The Bertz CT molecular complexity index is 887. The molecule has 1 aliphatic rings. The molecule has 3 rings (SSSR count). The smallest absolute Gasteiger partial charge is 0.477 e. The van der Waals surface area contributed by atoms with Crippen molar-refractivity contribution < 1.29 is 32.2 Å². The summed E-state index contributed by atoms with van der Waals surface area (Å²) in [6.45, 7) is 0.0944. The first-order valence-electron chi connectivity index (χ1n) is 8.63. The lowest BCUT2D eigenvalue weighted by Crippen LogP contribution is -2.50. The normalized spacial score (nSPS) is 15.7. The zero-order valence-electron chi connectivity index (χ0n) is 15.3. The third-order valence-corrected chi connectivity index (χ3v) is 4.11. The number of amides is 2. The van der Waals surface area contributed by atoms with Gasteiger partial charge in [0.05, 0.1) is 18.8 Å². The first kappa shape index (κ1) is 20.3. The molecule has 10 heteroatoms. The van der Waals surface area contributed by atoms with E-state index in [9.17, 15) is 22.8 Å². The number of ether oxygens (including phenoxy) is 2. The molecule has 1 heterocycles. The zero-order valence-corrected chi connectivity index (χ0v) is 15.3. The number of hydrogen-bond acceptors (Lipinski definition) is 5. The number of likely N-dealkylation sites (N-methyl/N-ethyl adjacent to an activating group) is 1. The van der Waals surface area contributed by atoms with Crippen molar-refractivity contribution in [1.29, 1.82) is 0 Å². The van der Waals surface area contributed by atoms with Crippen LogP contribution in [0.5, 0.6) is 11.5 Å². The Labute approximate surface area is 164 Å². The summed E-state index contributed by atoms with van der Waals surface area (Å²) in [6.07, 6.45) is -5.56. The topological polar surface area (TPSA) is 79.9 Å². The molecular formula is C19H18F3N3O4. The van der Waals surface area contributed by atoms with Crippen LogP contribution in [0.1, 0.15) is 0 Å². The molecule has 29 heavy (non-hydrogen) atoms. The van der Waals surface area contributed by atoms with Crippen LogP contribution in [0.25, 0.3) is 0 Å². The van der Waals surface area contributed by atoms with Crippen LogP contribution in [0.15, 0.2) is 48.5 Å². The van der Waals surface area contributed by atoms with Gasteiger partial charge in [0.15, 0.2) is 6.10 Å². The minimum absolute atomic E-state index is 0.0747. The lowest BCUT2D eigenvalue weighted by Gasteiger charge is -2.34. The number of nitrogens with zero attached hydrogens (tertiary/aromatic N) is 1. The van der Waals surface area contributed by atoms with Crippen LogP contribution in [0.4, 0.5) is 24.5 Å². The first-order chi connectivity index (χ1) is 13.7. The SMILES string of the molecule is CNC(=O)[C@H]1CN(CC(=O)Nc2ccc(OC(F)(F)F)cc2)c2ccccc2O1. The van der Waals surface area contributed by atoms with E-state index in [1.807, 2.05) is 0 Å². The molecule has 1 aliphatic heterocycles. The van der Waals surface area contributed by atoms with Crippen LogP contribution >= 0.6 is 0 Å². The van der Waals surface area contributed by atoms with Gasteiger partial charge in [-0.1, -0.05) is 12.1 Å². The van der Waals surface area contributed by atoms with Gasteiger partial charge in [-0.2, -0.15) is 0 Å². The van der Waals surface area contributed by atoms with Crippen LogP contribution in [0, 0.1) is 0 Å². The molecule has 0 spiro atoms. The van der Waals surface area contributed by atoms with E-state index in [1.165, 1.54) is 19.2 Å². The van der Waals surface area contributed by atoms with Crippen LogP contribution < -0.4 is 25.0 Å². The fourth-order valence-corrected chi connectivity index (χ4v) is 2.87. The summed E-state index contributed by atoms with van der Waals surface area (Å²) in [7, 11) is 1.50. The van der Waals surface area contributed by atoms with Gasteiger partial charge in [0.25, 0.3) is 5.91 Å². The van der Waals surface area contributed by atoms with E-state index < -0.39 is 18.4 Å². The van der Waals surface area contributed by atoms with Crippen molar-refractivity contribution in [3.8, 4) is 11.5 Å². The predicted octanol–water partition coefficient (Wildman–Crippen LogP) is 2.54. The second-order valence-corrected chi connectivity index (χ2v) is 6.19. The lowest BCUT2D eigenvalue weighted by molar-refractivity contribution is -0.274. The van der Waals surface area contributed by atoms with Crippen molar-refractivity contribution in [3.63, 3.8) is 0 Å². The number of para-hydroxylation sites is 2. The summed E-state index contributed by atoms with van der Waals surface area (Å²) in [6, 6.07) is 11.8. The molecule has 0 unspecified atom stereocenters. The number of hydrogen-bond donors (Lipinski definition) is 2. The largest absolute Gasteiger partial charge is 0.573 e. The fourth-order valence-electron chi connectivity index (χ4n) is 2.87. The first-order valence-corrected chi connectivity index (χ1v) is 8.63. The number of rotatable bonds is 5. The summed E-state index contributed by atoms with van der Waals surface area (Å²) < 4.78 is 46.1. The predicted molar refractivity (Wildman–Crippen MR) is 98.9 cm³/mol. The van der Waals surface area contributed by atoms with Gasteiger partial charge in [0.2, 0.25) is 5.91 Å². The number of anilines is 2. The highest BCUT2D eigenvalue weighted by molar-refractivity contribution is 5.95. The highest BCUT2D eigenvalue weighted by atomic mass is 19.4. The maximum atomic E-state index is 12.4. The molecule has 1 atom stereocenters. The Morgan fingerprint density at radius 3 is 2.52 bits per heavy atom. The van der Waals surface area contributed by atoms with Crippen molar-refractivity contribution in [3.05, 3.63) is 48.5 Å². The molecule has 0 saturated carbocycles. The highest BCUT2D eigenvalue weighted by Gasteiger charge is 2.32. The number of fused-ring (bicyclic) bond motifs is 1. The van der Waals surface area contributed by atoms with Gasteiger partial charge in [-0.15, -0.1) is 13.2 Å². The van der Waals surface area contributed by atoms with Crippen LogP contribution in [-0.2, 0) is 9.59 Å². The van der Waals surface area contributed by atoms with E-state index in [0.29, 0.717) is 17.1 Å². The molecule has 0 saturated heterocycles. The molecule has 0 aliphatic carbocycles. The maximum Gasteiger partial charge on any atom is 0.573 e. The van der Waals surface area contributed by atoms with Gasteiger partial charge in [0, 0.05) is 12.7 Å². The van der Waals surface area contributed by atoms with Crippen LogP contribution in [-0.4, -0.2) is 44.4 Å². The Hall–Kier alpha value is -3.43. The molecule has 0 bridgehead atoms. The molecule has 2 amide bonds. The monoisotopic (exact) mass is 409 g/mol. The molecule has 0 aromatic heterocycles. The van der Waals surface area contributed by atoms with Crippen molar-refractivity contribution in [2.45, 2.75) is 12.5 Å². The molecule has 2 aromatic carbocycles. The summed E-state index contributed by atoms with van der Waals surface area (Å²) >= 11 is 0. The van der Waals surface area contributed by atoms with Crippen molar-refractivity contribution >= 4 is 23.2 Å². The van der Waals surface area contributed by atoms with Crippen LogP contribution in [0.3, 0.4) is 0 Å². The second kappa shape index (κ2) is 8.29. The van der Waals surface area contributed by atoms with Gasteiger partial charge < -0.3 is 25.0 Å². The molecule has 0 fully saturated rings. The molecular weight excluding hydrogens is 391 g/mol. The quantitative estimate of drug-likeness (QED) is 0.794. The van der Waals surface area contributed by atoms with E-state index in [0.717, 1.165) is 12.1 Å². The molecule has 2 aromatic rings. The number of alkyl halides is 3. The van der Waals surface area contributed by atoms with Crippen LogP contribution in [0.2, 0.25) is 0 Å². The average Bonchev–Trinajstić information content (AvgIpc) is 2.67. The number of carbonyl (C=O) groups excluding carboxylic acids is 2. The second-order valence-electron chi connectivity index (χ2n) is 6.19. The number of halogens is 3. The Balaban J connectivity index is 1.67. The lowest BCUT2D eigenvalue weighted by atomic mass is 10.1. The maximum absolute atomic E-state index is 12.4. The minimum atomic E-state index is -4.78. The van der Waals surface area contributed by atoms with E-state index in [4.69, 9.17) is 4.74 Å². The number of benzene rings is 2. The average molecular weight is 409 g/mol. The standard InChI is InChI=1S/C19H18F3N3O4/c1-23-18(27)16-10-25(14-4-2-3-5-15(14)28-16)11-17(26)24-12-6-8-13(9-7-12)29-19(20,21)22/h2-9,16H,10-11H2,1H3,(H,23,27)(H,24,26)/t16-/m1/s1. The summed E-state index contributed by atoms with van der Waals surface area (Å²) in [4.78, 5) is 26.1.